The fourth-order valence-corrected chi connectivity index (χ4v) is 3.72. The van der Waals surface area contributed by atoms with E-state index in [1.54, 1.807) is 0 Å². The number of aliphatic carboxylic acids is 1. The van der Waals surface area contributed by atoms with Crippen LogP contribution in [0.15, 0.2) is 42.5 Å². The maximum Gasteiger partial charge on any atom is 0.307 e. The largest absolute Gasteiger partial charge is 0.493 e. The van der Waals surface area contributed by atoms with Gasteiger partial charge in [0.2, 0.25) is 5.91 Å². The Kier molecular flexibility index (Phi) is 3.92. The number of nitrogens with zero attached hydrogens (tertiary/aromatic N) is 1. The summed E-state index contributed by atoms with van der Waals surface area (Å²) >= 11 is 0. The van der Waals surface area contributed by atoms with Gasteiger partial charge in [-0.3, -0.25) is 9.59 Å². The van der Waals surface area contributed by atoms with Gasteiger partial charge in [0, 0.05) is 17.8 Å². The molecular formula is C20H19NO4. The van der Waals surface area contributed by atoms with E-state index < -0.39 is 5.97 Å². The molecule has 0 saturated carbocycles. The van der Waals surface area contributed by atoms with Gasteiger partial charge in [0.05, 0.1) is 18.9 Å². The molecule has 1 N–H and O–H groups in total. The lowest BCUT2D eigenvalue weighted by Gasteiger charge is -2.29. The molecule has 25 heavy (non-hydrogen) atoms. The van der Waals surface area contributed by atoms with Crippen LogP contribution in [0.4, 0.5) is 5.69 Å². The average molecular weight is 337 g/mol. The van der Waals surface area contributed by atoms with Crippen molar-refractivity contribution in [1.29, 1.82) is 0 Å². The minimum atomic E-state index is -0.866. The van der Waals surface area contributed by atoms with Crippen LogP contribution in [0.3, 0.4) is 0 Å². The molecule has 1 atom stereocenters. The lowest BCUT2D eigenvalue weighted by atomic mass is 9.91. The number of carbonyl (C=O) groups is 2. The first-order valence-corrected chi connectivity index (χ1v) is 8.50. The lowest BCUT2D eigenvalue weighted by molar-refractivity contribution is -0.136. The summed E-state index contributed by atoms with van der Waals surface area (Å²) in [4.78, 5) is 26.0. The number of carbonyl (C=O) groups excluding carboxylic acids is 1. The van der Waals surface area contributed by atoms with E-state index in [-0.39, 0.29) is 18.2 Å². The van der Waals surface area contributed by atoms with Gasteiger partial charge >= 0.3 is 5.97 Å². The number of fused-ring (bicyclic) bond motifs is 2. The Morgan fingerprint density at radius 1 is 1.20 bits per heavy atom. The monoisotopic (exact) mass is 337 g/mol. The molecule has 2 aromatic carbocycles. The van der Waals surface area contributed by atoms with Crippen LogP contribution in [0.1, 0.15) is 29.0 Å². The second-order valence-corrected chi connectivity index (χ2v) is 6.50. The van der Waals surface area contributed by atoms with Crippen LogP contribution >= 0.6 is 0 Å². The highest BCUT2D eigenvalue weighted by molar-refractivity contribution is 6.00. The summed E-state index contributed by atoms with van der Waals surface area (Å²) in [5, 5.41) is 9.01. The molecule has 5 heteroatoms. The molecule has 0 bridgehead atoms. The molecule has 0 fully saturated rings. The normalized spacial score (nSPS) is 18.2. The number of rotatable bonds is 3. The van der Waals surface area contributed by atoms with Gasteiger partial charge in [-0.2, -0.15) is 0 Å². The number of benzene rings is 2. The second-order valence-electron chi connectivity index (χ2n) is 6.50. The highest BCUT2D eigenvalue weighted by Crippen LogP contribution is 2.38. The van der Waals surface area contributed by atoms with Crippen molar-refractivity contribution in [3.05, 3.63) is 59.2 Å². The van der Waals surface area contributed by atoms with Crippen molar-refractivity contribution in [3.8, 4) is 5.75 Å². The van der Waals surface area contributed by atoms with Gasteiger partial charge in [-0.25, -0.2) is 0 Å². The van der Waals surface area contributed by atoms with Crippen molar-refractivity contribution in [1.82, 2.24) is 0 Å². The molecule has 0 aliphatic carbocycles. The third-order valence-electron chi connectivity index (χ3n) is 4.92. The molecule has 128 valence electrons. The predicted molar refractivity (Wildman–Crippen MR) is 93.1 cm³/mol. The number of amides is 1. The minimum Gasteiger partial charge on any atom is -0.493 e. The number of hydrogen-bond acceptors (Lipinski definition) is 3. The van der Waals surface area contributed by atoms with Gasteiger partial charge in [-0.1, -0.05) is 30.3 Å². The van der Waals surface area contributed by atoms with E-state index in [9.17, 15) is 9.59 Å². The first-order valence-electron chi connectivity index (χ1n) is 8.50. The summed E-state index contributed by atoms with van der Waals surface area (Å²) < 4.78 is 5.66. The maximum absolute atomic E-state index is 13.2. The van der Waals surface area contributed by atoms with Crippen LogP contribution < -0.4 is 9.64 Å². The van der Waals surface area contributed by atoms with Gasteiger partial charge in [0.15, 0.2) is 0 Å². The van der Waals surface area contributed by atoms with Crippen molar-refractivity contribution < 1.29 is 19.4 Å². The standard InChI is InChI=1S/C20H19NO4/c22-19(23)12-13-5-6-14-7-9-21(17(14)11-13)20(24)16-8-10-25-18-4-2-1-3-15(16)18/h1-6,11,16H,7-10,12H2,(H,22,23). The van der Waals surface area contributed by atoms with E-state index in [1.807, 2.05) is 47.4 Å². The summed E-state index contributed by atoms with van der Waals surface area (Å²) in [6.45, 7) is 1.18. The molecule has 0 radical (unpaired) electrons. The smallest absolute Gasteiger partial charge is 0.307 e. The first kappa shape index (κ1) is 15.7. The highest BCUT2D eigenvalue weighted by Gasteiger charge is 2.34. The summed E-state index contributed by atoms with van der Waals surface area (Å²) in [5.74, 6) is -0.221. The zero-order valence-corrected chi connectivity index (χ0v) is 13.8. The van der Waals surface area contributed by atoms with Crippen molar-refractivity contribution in [3.63, 3.8) is 0 Å². The zero-order valence-electron chi connectivity index (χ0n) is 13.8. The number of anilines is 1. The Morgan fingerprint density at radius 2 is 2.04 bits per heavy atom. The maximum atomic E-state index is 13.2. The molecule has 2 aromatic rings. The highest BCUT2D eigenvalue weighted by atomic mass is 16.5. The molecule has 2 aliphatic heterocycles. The van der Waals surface area contributed by atoms with E-state index in [1.165, 1.54) is 0 Å². The SMILES string of the molecule is O=C(O)Cc1ccc2c(c1)N(C(=O)C1CCOc3ccccc31)CC2. The van der Waals surface area contributed by atoms with Gasteiger partial charge in [-0.05, 0) is 36.1 Å². The van der Waals surface area contributed by atoms with Crippen LogP contribution in [0.2, 0.25) is 0 Å². The van der Waals surface area contributed by atoms with Gasteiger partial charge in [0.25, 0.3) is 0 Å². The molecule has 1 unspecified atom stereocenters. The van der Waals surface area contributed by atoms with Crippen LogP contribution in [0.25, 0.3) is 0 Å². The minimum absolute atomic E-state index is 0.0323. The van der Waals surface area contributed by atoms with Crippen molar-refractivity contribution in [2.75, 3.05) is 18.1 Å². The lowest BCUT2D eigenvalue weighted by Crippen LogP contribution is -2.36. The third-order valence-corrected chi connectivity index (χ3v) is 4.92. The van der Waals surface area contributed by atoms with Gasteiger partial charge in [-0.15, -0.1) is 0 Å². The molecule has 2 heterocycles. The van der Waals surface area contributed by atoms with E-state index in [0.717, 1.165) is 34.5 Å². The molecule has 4 rings (SSSR count). The second kappa shape index (κ2) is 6.24. The van der Waals surface area contributed by atoms with Gasteiger partial charge in [0.1, 0.15) is 5.75 Å². The molecule has 5 nitrogen and oxygen atoms in total. The fourth-order valence-electron chi connectivity index (χ4n) is 3.72. The van der Waals surface area contributed by atoms with Crippen molar-refractivity contribution >= 4 is 17.6 Å². The van der Waals surface area contributed by atoms with E-state index in [0.29, 0.717) is 19.6 Å². The van der Waals surface area contributed by atoms with Crippen LogP contribution in [-0.2, 0) is 22.4 Å². The van der Waals surface area contributed by atoms with Crippen LogP contribution in [-0.4, -0.2) is 30.1 Å². The first-order chi connectivity index (χ1) is 12.1. The van der Waals surface area contributed by atoms with Crippen molar-refractivity contribution in [2.45, 2.75) is 25.2 Å². The Balaban J connectivity index is 1.65. The quantitative estimate of drug-likeness (QED) is 0.935. The molecular weight excluding hydrogens is 318 g/mol. The number of para-hydroxylation sites is 1. The zero-order chi connectivity index (χ0) is 17.4. The van der Waals surface area contributed by atoms with Crippen LogP contribution in [0.5, 0.6) is 5.75 Å². The van der Waals surface area contributed by atoms with E-state index in [4.69, 9.17) is 9.84 Å². The molecule has 0 saturated heterocycles. The van der Waals surface area contributed by atoms with E-state index >= 15 is 0 Å². The predicted octanol–water partition coefficient (Wildman–Crippen LogP) is 2.77. The summed E-state index contributed by atoms with van der Waals surface area (Å²) in [5.41, 5.74) is 3.61. The Morgan fingerprint density at radius 3 is 2.88 bits per heavy atom. The summed E-state index contributed by atoms with van der Waals surface area (Å²) in [7, 11) is 0. The number of ether oxygens (including phenoxy) is 1. The Hall–Kier alpha value is -2.82. The topological polar surface area (TPSA) is 66.8 Å². The van der Waals surface area contributed by atoms with Crippen LogP contribution in [0, 0.1) is 0 Å². The number of carboxylic acids is 1. The molecule has 0 spiro atoms. The fraction of sp³-hybridized carbons (Fsp3) is 0.300. The molecule has 0 aromatic heterocycles. The molecule has 2 aliphatic rings. The molecule has 1 amide bonds. The average Bonchev–Trinajstić information content (AvgIpc) is 3.03. The number of carboxylic acid groups (broad SMARTS) is 1. The van der Waals surface area contributed by atoms with E-state index in [2.05, 4.69) is 0 Å². The Bertz CT molecular complexity index is 845. The summed E-state index contributed by atoms with van der Waals surface area (Å²) in [6.07, 6.45) is 1.44. The Labute approximate surface area is 145 Å². The van der Waals surface area contributed by atoms with Crippen molar-refractivity contribution in [2.24, 2.45) is 0 Å². The summed E-state index contributed by atoms with van der Waals surface area (Å²) in [6, 6.07) is 13.3. The third kappa shape index (κ3) is 2.86. The number of hydrogen-bond donors (Lipinski definition) is 1. The van der Waals surface area contributed by atoms with Gasteiger partial charge < -0.3 is 14.7 Å².